The highest BCUT2D eigenvalue weighted by Gasteiger charge is 2.26. The van der Waals surface area contributed by atoms with Gasteiger partial charge in [-0.25, -0.2) is 4.39 Å². The van der Waals surface area contributed by atoms with Gasteiger partial charge in [-0.2, -0.15) is 0 Å². The first-order valence-corrected chi connectivity index (χ1v) is 11.0. The van der Waals surface area contributed by atoms with E-state index in [9.17, 15) is 9.18 Å². The number of hydrogen-bond acceptors (Lipinski definition) is 4. The standard InChI is InChI=1S/C26H32FNO3/c1-4-31-26(29)21-9-7-13-28(17-21)14-15-30-18-25(23-10-6-5-8-19(23)2)24-12-11-22(27)16-20(24)3/h5-6,8,10-12,16,18,21H,4,7,9,13-15,17H2,1-3H3. The molecular formula is C26H32FNO3. The number of hydrogen-bond donors (Lipinski definition) is 0. The summed E-state index contributed by atoms with van der Waals surface area (Å²) in [7, 11) is 0. The highest BCUT2D eigenvalue weighted by atomic mass is 19.1. The molecule has 0 bridgehead atoms. The van der Waals surface area contributed by atoms with Gasteiger partial charge in [0.1, 0.15) is 12.4 Å². The molecular weight excluding hydrogens is 393 g/mol. The van der Waals surface area contributed by atoms with Gasteiger partial charge in [0, 0.05) is 18.7 Å². The van der Waals surface area contributed by atoms with Gasteiger partial charge in [0.05, 0.1) is 18.8 Å². The highest BCUT2D eigenvalue weighted by molar-refractivity contribution is 5.82. The Morgan fingerprint density at radius 2 is 1.94 bits per heavy atom. The fraction of sp³-hybridized carbons (Fsp3) is 0.423. The lowest BCUT2D eigenvalue weighted by atomic mass is 9.92. The number of nitrogens with zero attached hydrogens (tertiary/aromatic N) is 1. The van der Waals surface area contributed by atoms with Crippen molar-refractivity contribution in [3.63, 3.8) is 0 Å². The number of aryl methyl sites for hydroxylation is 2. The summed E-state index contributed by atoms with van der Waals surface area (Å²) in [5.41, 5.74) is 4.97. The van der Waals surface area contributed by atoms with Gasteiger partial charge in [-0.3, -0.25) is 9.69 Å². The Balaban J connectivity index is 1.69. The van der Waals surface area contributed by atoms with Crippen molar-refractivity contribution in [2.45, 2.75) is 33.6 Å². The van der Waals surface area contributed by atoms with Gasteiger partial charge in [0.15, 0.2) is 0 Å². The van der Waals surface area contributed by atoms with Gasteiger partial charge in [-0.1, -0.05) is 30.3 Å². The van der Waals surface area contributed by atoms with Crippen LogP contribution in [0, 0.1) is 25.6 Å². The third kappa shape index (κ3) is 6.17. The second-order valence-corrected chi connectivity index (χ2v) is 8.07. The number of esters is 1. The van der Waals surface area contributed by atoms with Crippen molar-refractivity contribution in [2.75, 3.05) is 32.8 Å². The molecule has 0 radical (unpaired) electrons. The maximum atomic E-state index is 13.7. The number of benzene rings is 2. The Morgan fingerprint density at radius 1 is 1.16 bits per heavy atom. The summed E-state index contributed by atoms with van der Waals surface area (Å²) in [6, 6.07) is 13.0. The van der Waals surface area contributed by atoms with Crippen LogP contribution in [0.25, 0.3) is 5.57 Å². The molecule has 31 heavy (non-hydrogen) atoms. The Hall–Kier alpha value is -2.66. The van der Waals surface area contributed by atoms with Crippen LogP contribution in [0.5, 0.6) is 0 Å². The van der Waals surface area contributed by atoms with E-state index in [4.69, 9.17) is 9.47 Å². The van der Waals surface area contributed by atoms with Gasteiger partial charge < -0.3 is 9.47 Å². The molecule has 1 saturated heterocycles. The summed E-state index contributed by atoms with van der Waals surface area (Å²) in [5, 5.41) is 0. The fourth-order valence-corrected chi connectivity index (χ4v) is 4.11. The average Bonchev–Trinajstić information content (AvgIpc) is 2.76. The largest absolute Gasteiger partial charge is 0.499 e. The van der Waals surface area contributed by atoms with Gasteiger partial charge in [-0.05, 0) is 74.5 Å². The molecule has 0 spiro atoms. The van der Waals surface area contributed by atoms with E-state index >= 15 is 0 Å². The smallest absolute Gasteiger partial charge is 0.310 e. The lowest BCUT2D eigenvalue weighted by molar-refractivity contribution is -0.150. The van der Waals surface area contributed by atoms with Crippen LogP contribution < -0.4 is 0 Å². The third-order valence-corrected chi connectivity index (χ3v) is 5.77. The lowest BCUT2D eigenvalue weighted by Crippen LogP contribution is -2.40. The summed E-state index contributed by atoms with van der Waals surface area (Å²) in [5.74, 6) is -0.386. The van der Waals surface area contributed by atoms with Crippen LogP contribution in [0.15, 0.2) is 48.7 Å². The SMILES string of the molecule is CCOC(=O)C1CCCN(CCOC=C(c2ccccc2C)c2ccc(F)cc2C)C1. The number of ether oxygens (including phenoxy) is 2. The van der Waals surface area contributed by atoms with E-state index in [1.165, 1.54) is 6.07 Å². The summed E-state index contributed by atoms with van der Waals surface area (Å²) in [6.07, 6.45) is 3.66. The zero-order chi connectivity index (χ0) is 22.2. The number of carbonyl (C=O) groups excluding carboxylic acids is 1. The van der Waals surface area contributed by atoms with E-state index < -0.39 is 0 Å². The predicted octanol–water partition coefficient (Wildman–Crippen LogP) is 5.12. The topological polar surface area (TPSA) is 38.8 Å². The fourth-order valence-electron chi connectivity index (χ4n) is 4.11. The zero-order valence-electron chi connectivity index (χ0n) is 18.7. The van der Waals surface area contributed by atoms with Gasteiger partial charge in [0.25, 0.3) is 0 Å². The van der Waals surface area contributed by atoms with Crippen molar-refractivity contribution in [1.82, 2.24) is 4.90 Å². The average molecular weight is 426 g/mol. The molecule has 5 heteroatoms. The monoisotopic (exact) mass is 425 g/mol. The number of halogens is 1. The maximum Gasteiger partial charge on any atom is 0.310 e. The molecule has 166 valence electrons. The summed E-state index contributed by atoms with van der Waals surface area (Å²) in [4.78, 5) is 14.3. The molecule has 3 rings (SSSR count). The van der Waals surface area contributed by atoms with Crippen LogP contribution >= 0.6 is 0 Å². The normalized spacial score (nSPS) is 17.4. The van der Waals surface area contributed by atoms with Crippen LogP contribution in [0.4, 0.5) is 4.39 Å². The highest BCUT2D eigenvalue weighted by Crippen LogP contribution is 2.29. The predicted molar refractivity (Wildman–Crippen MR) is 121 cm³/mol. The van der Waals surface area contributed by atoms with Crippen molar-refractivity contribution < 1.29 is 18.7 Å². The first-order chi connectivity index (χ1) is 15.0. The van der Waals surface area contributed by atoms with Crippen molar-refractivity contribution >= 4 is 11.5 Å². The molecule has 2 aromatic carbocycles. The first kappa shape index (κ1) is 23.0. The first-order valence-electron chi connectivity index (χ1n) is 11.0. The van der Waals surface area contributed by atoms with E-state index in [-0.39, 0.29) is 17.7 Å². The Kier molecular flexibility index (Phi) is 8.24. The molecule has 4 nitrogen and oxygen atoms in total. The minimum atomic E-state index is -0.243. The van der Waals surface area contributed by atoms with Gasteiger partial charge in [0.2, 0.25) is 0 Å². The number of carbonyl (C=O) groups is 1. The van der Waals surface area contributed by atoms with Gasteiger partial charge >= 0.3 is 5.97 Å². The number of rotatable bonds is 8. The molecule has 0 aliphatic carbocycles. The van der Waals surface area contributed by atoms with Crippen LogP contribution in [-0.2, 0) is 14.3 Å². The van der Waals surface area contributed by atoms with Crippen LogP contribution in [0.1, 0.15) is 42.0 Å². The molecule has 0 amide bonds. The molecule has 1 heterocycles. The summed E-state index contributed by atoms with van der Waals surface area (Å²) < 4.78 is 24.8. The molecule has 1 fully saturated rings. The lowest BCUT2D eigenvalue weighted by Gasteiger charge is -2.31. The van der Waals surface area contributed by atoms with Crippen molar-refractivity contribution in [2.24, 2.45) is 5.92 Å². The van der Waals surface area contributed by atoms with Crippen LogP contribution in [0.3, 0.4) is 0 Å². The minimum absolute atomic E-state index is 0.0476. The van der Waals surface area contributed by atoms with Crippen molar-refractivity contribution in [1.29, 1.82) is 0 Å². The molecule has 1 unspecified atom stereocenters. The van der Waals surface area contributed by atoms with Crippen molar-refractivity contribution in [3.8, 4) is 0 Å². The van der Waals surface area contributed by atoms with E-state index in [0.29, 0.717) is 19.8 Å². The molecule has 1 aliphatic rings. The number of piperidine rings is 1. The Bertz CT molecular complexity index is 925. The zero-order valence-corrected chi connectivity index (χ0v) is 18.7. The molecule has 0 saturated carbocycles. The van der Waals surface area contributed by atoms with E-state index in [2.05, 4.69) is 24.0 Å². The number of likely N-dealkylation sites (tertiary alicyclic amines) is 1. The van der Waals surface area contributed by atoms with E-state index in [0.717, 1.165) is 53.8 Å². The van der Waals surface area contributed by atoms with Crippen LogP contribution in [0.2, 0.25) is 0 Å². The second kappa shape index (κ2) is 11.1. The molecule has 0 aromatic heterocycles. The molecule has 1 aliphatic heterocycles. The molecule has 0 N–H and O–H groups in total. The van der Waals surface area contributed by atoms with E-state index in [1.54, 1.807) is 18.4 Å². The Morgan fingerprint density at radius 3 is 2.68 bits per heavy atom. The molecule has 2 aromatic rings. The summed E-state index contributed by atoms with van der Waals surface area (Å²) >= 11 is 0. The summed E-state index contributed by atoms with van der Waals surface area (Å²) in [6.45, 7) is 9.18. The second-order valence-electron chi connectivity index (χ2n) is 8.07. The van der Waals surface area contributed by atoms with Crippen LogP contribution in [-0.4, -0.2) is 43.7 Å². The van der Waals surface area contributed by atoms with Gasteiger partial charge in [-0.15, -0.1) is 0 Å². The maximum absolute atomic E-state index is 13.7. The quantitative estimate of drug-likeness (QED) is 0.334. The third-order valence-electron chi connectivity index (χ3n) is 5.77. The van der Waals surface area contributed by atoms with Crippen molar-refractivity contribution in [3.05, 3.63) is 76.8 Å². The molecule has 1 atom stereocenters. The Labute approximate surface area is 184 Å². The van der Waals surface area contributed by atoms with E-state index in [1.807, 2.05) is 26.0 Å². The minimum Gasteiger partial charge on any atom is -0.499 e.